The maximum absolute atomic E-state index is 12.6. The van der Waals surface area contributed by atoms with Crippen LogP contribution in [0.25, 0.3) is 0 Å². The number of nitrogens with one attached hydrogen (secondary N) is 1. The van der Waals surface area contributed by atoms with Crippen LogP contribution in [0, 0.1) is 12.8 Å². The summed E-state index contributed by atoms with van der Waals surface area (Å²) in [5.41, 5.74) is -4.30. The largest absolute Gasteiger partial charge is 0.511 e. The summed E-state index contributed by atoms with van der Waals surface area (Å²) in [5.74, 6) is 0.738. The van der Waals surface area contributed by atoms with E-state index in [1.54, 1.807) is 18.4 Å². The molecule has 0 bridgehead atoms. The van der Waals surface area contributed by atoms with Crippen LogP contribution in [0.3, 0.4) is 0 Å². The molecule has 28 heavy (non-hydrogen) atoms. The van der Waals surface area contributed by atoms with E-state index in [0.29, 0.717) is 36.2 Å². The first kappa shape index (κ1) is 25.4. The van der Waals surface area contributed by atoms with Gasteiger partial charge >= 0.3 is 15.5 Å². The Morgan fingerprint density at radius 3 is 2.50 bits per heavy atom. The van der Waals surface area contributed by atoms with Crippen LogP contribution in [0.1, 0.15) is 23.5 Å². The average Bonchev–Trinajstić information content (AvgIpc) is 2.99. The molecule has 2 heterocycles. The second-order valence-corrected chi connectivity index (χ2v) is 9.43. The third-order valence-electron chi connectivity index (χ3n) is 4.39. The monoisotopic (exact) mass is 555 g/mol. The van der Waals surface area contributed by atoms with Crippen LogP contribution in [0.15, 0.2) is 10.4 Å². The highest BCUT2D eigenvalue weighted by atomic mass is 127. The number of alkyl halides is 3. The van der Waals surface area contributed by atoms with Gasteiger partial charge in [0.15, 0.2) is 5.96 Å². The van der Waals surface area contributed by atoms with Crippen LogP contribution in [-0.2, 0) is 16.6 Å². The summed E-state index contributed by atoms with van der Waals surface area (Å²) < 4.78 is 61.3. The molecule has 1 aliphatic rings. The SMILES string of the molecule is CN=C(NCC1CCN(S(=O)(=O)C(F)(F)F)CC1)N(C)Cc1csc(C)n1.I. The smallest absolute Gasteiger partial charge is 0.356 e. The molecular weight excluding hydrogens is 530 g/mol. The van der Waals surface area contributed by atoms with Crippen molar-refractivity contribution in [1.29, 1.82) is 0 Å². The van der Waals surface area contributed by atoms with Gasteiger partial charge in [-0.05, 0) is 25.7 Å². The minimum Gasteiger partial charge on any atom is -0.356 e. The van der Waals surface area contributed by atoms with E-state index in [0.717, 1.165) is 10.7 Å². The van der Waals surface area contributed by atoms with E-state index in [9.17, 15) is 21.6 Å². The molecule has 162 valence electrons. The number of guanidine groups is 1. The van der Waals surface area contributed by atoms with Crippen LogP contribution >= 0.6 is 35.3 Å². The Balaban J connectivity index is 0.00000392. The van der Waals surface area contributed by atoms with Crippen molar-refractivity contribution in [3.05, 3.63) is 16.1 Å². The maximum atomic E-state index is 12.6. The van der Waals surface area contributed by atoms with Gasteiger partial charge in [0.25, 0.3) is 0 Å². The molecule has 1 aromatic rings. The molecule has 2 rings (SSSR count). The molecule has 0 aromatic carbocycles. The van der Waals surface area contributed by atoms with E-state index in [2.05, 4.69) is 15.3 Å². The van der Waals surface area contributed by atoms with Gasteiger partial charge in [-0.15, -0.1) is 35.3 Å². The molecule has 7 nitrogen and oxygen atoms in total. The number of sulfonamides is 1. The summed E-state index contributed by atoms with van der Waals surface area (Å²) >= 11 is 1.57. The highest BCUT2D eigenvalue weighted by Gasteiger charge is 2.50. The number of halogens is 4. The van der Waals surface area contributed by atoms with Gasteiger partial charge in [0, 0.05) is 39.1 Å². The molecule has 1 N–H and O–H groups in total. The summed E-state index contributed by atoms with van der Waals surface area (Å²) in [6.07, 6.45) is 0.739. The van der Waals surface area contributed by atoms with Crippen molar-refractivity contribution in [3.8, 4) is 0 Å². The fraction of sp³-hybridized carbons (Fsp3) is 0.733. The predicted molar refractivity (Wildman–Crippen MR) is 114 cm³/mol. The van der Waals surface area contributed by atoms with Crippen molar-refractivity contribution in [2.75, 3.05) is 33.7 Å². The fourth-order valence-electron chi connectivity index (χ4n) is 2.92. The second-order valence-electron chi connectivity index (χ2n) is 6.44. The number of hydrogen-bond donors (Lipinski definition) is 1. The number of nitrogens with zero attached hydrogens (tertiary/aromatic N) is 4. The van der Waals surface area contributed by atoms with Crippen molar-refractivity contribution < 1.29 is 21.6 Å². The van der Waals surface area contributed by atoms with Gasteiger partial charge in [-0.3, -0.25) is 4.99 Å². The number of aliphatic imine (C=N–C) groups is 1. The normalized spacial score (nSPS) is 17.3. The lowest BCUT2D eigenvalue weighted by molar-refractivity contribution is -0.0496. The highest BCUT2D eigenvalue weighted by molar-refractivity contribution is 14.0. The topological polar surface area (TPSA) is 77.9 Å². The molecule has 0 spiro atoms. The molecule has 13 heteroatoms. The third kappa shape index (κ3) is 6.42. The minimum absolute atomic E-state index is 0. The minimum atomic E-state index is -5.24. The summed E-state index contributed by atoms with van der Waals surface area (Å²) in [6.45, 7) is 2.80. The van der Waals surface area contributed by atoms with Crippen molar-refractivity contribution in [2.45, 2.75) is 31.8 Å². The second kappa shape index (κ2) is 10.4. The lowest BCUT2D eigenvalue weighted by atomic mass is 9.98. The molecule has 1 aliphatic heterocycles. The molecule has 1 fully saturated rings. The molecule has 0 saturated carbocycles. The fourth-order valence-corrected chi connectivity index (χ4v) is 4.51. The molecule has 0 radical (unpaired) electrons. The number of piperidine rings is 1. The Morgan fingerprint density at radius 2 is 2.04 bits per heavy atom. The standard InChI is InChI=1S/C15H24F3N5O2S2.HI/c1-11-21-13(10-26-11)9-22(3)14(19-2)20-8-12-4-6-23(7-5-12)27(24,25)15(16,17)18;/h10,12H,4-9H2,1-3H3,(H,19,20);1H. The first-order chi connectivity index (χ1) is 12.5. The first-order valence-corrected chi connectivity index (χ1v) is 10.8. The van der Waals surface area contributed by atoms with Crippen molar-refractivity contribution >= 4 is 51.3 Å². The molecule has 1 saturated heterocycles. The quantitative estimate of drug-likeness (QED) is 0.344. The van der Waals surface area contributed by atoms with E-state index in [1.165, 1.54) is 0 Å². The summed E-state index contributed by atoms with van der Waals surface area (Å²) in [4.78, 5) is 10.5. The number of hydrogen-bond acceptors (Lipinski definition) is 5. The van der Waals surface area contributed by atoms with Gasteiger partial charge in [0.2, 0.25) is 0 Å². The Morgan fingerprint density at radius 1 is 1.43 bits per heavy atom. The van der Waals surface area contributed by atoms with Gasteiger partial charge in [-0.2, -0.15) is 17.5 Å². The molecule has 0 unspecified atom stereocenters. The van der Waals surface area contributed by atoms with Crippen LogP contribution in [0.5, 0.6) is 0 Å². The third-order valence-corrected chi connectivity index (χ3v) is 6.85. The Bertz CT molecular complexity index is 762. The zero-order valence-corrected chi connectivity index (χ0v) is 19.8. The van der Waals surface area contributed by atoms with Gasteiger partial charge < -0.3 is 10.2 Å². The van der Waals surface area contributed by atoms with E-state index < -0.39 is 15.5 Å². The highest BCUT2D eigenvalue weighted by Crippen LogP contribution is 2.30. The number of aryl methyl sites for hydroxylation is 1. The van der Waals surface area contributed by atoms with Crippen LogP contribution in [-0.4, -0.2) is 67.8 Å². The van der Waals surface area contributed by atoms with Crippen molar-refractivity contribution in [3.63, 3.8) is 0 Å². The Hall–Kier alpha value is -0.670. The van der Waals surface area contributed by atoms with E-state index in [-0.39, 0.29) is 43.0 Å². The Kier molecular flexibility index (Phi) is 9.41. The number of aromatic nitrogens is 1. The van der Waals surface area contributed by atoms with E-state index in [1.807, 2.05) is 24.3 Å². The lowest BCUT2D eigenvalue weighted by Crippen LogP contribution is -2.47. The van der Waals surface area contributed by atoms with Crippen molar-refractivity contribution in [2.24, 2.45) is 10.9 Å². The average molecular weight is 555 g/mol. The van der Waals surface area contributed by atoms with Gasteiger partial charge in [-0.25, -0.2) is 13.4 Å². The zero-order valence-electron chi connectivity index (χ0n) is 15.9. The predicted octanol–water partition coefficient (Wildman–Crippen LogP) is 2.64. The molecule has 0 atom stereocenters. The van der Waals surface area contributed by atoms with Crippen LogP contribution in [0.4, 0.5) is 13.2 Å². The van der Waals surface area contributed by atoms with E-state index >= 15 is 0 Å². The summed E-state index contributed by atoms with van der Waals surface area (Å²) in [5, 5.41) is 6.18. The van der Waals surface area contributed by atoms with Crippen molar-refractivity contribution in [1.82, 2.24) is 19.5 Å². The van der Waals surface area contributed by atoms with Gasteiger partial charge in [0.05, 0.1) is 17.2 Å². The molecule has 0 aliphatic carbocycles. The zero-order chi connectivity index (χ0) is 20.2. The van der Waals surface area contributed by atoms with Crippen LogP contribution in [0.2, 0.25) is 0 Å². The Labute approximate surface area is 184 Å². The maximum Gasteiger partial charge on any atom is 0.511 e. The van der Waals surface area contributed by atoms with Gasteiger partial charge in [-0.1, -0.05) is 0 Å². The molecule has 1 aromatic heterocycles. The van der Waals surface area contributed by atoms with Crippen LogP contribution < -0.4 is 5.32 Å². The number of rotatable bonds is 5. The molecule has 0 amide bonds. The summed E-state index contributed by atoms with van der Waals surface area (Å²) in [7, 11) is -1.70. The summed E-state index contributed by atoms with van der Waals surface area (Å²) in [6, 6.07) is 0. The first-order valence-electron chi connectivity index (χ1n) is 8.43. The number of thiazole rings is 1. The van der Waals surface area contributed by atoms with Gasteiger partial charge in [0.1, 0.15) is 0 Å². The van der Waals surface area contributed by atoms with E-state index in [4.69, 9.17) is 0 Å². The lowest BCUT2D eigenvalue weighted by Gasteiger charge is -2.32. The molecular formula is C15H25F3IN5O2S2.